The van der Waals surface area contributed by atoms with Gasteiger partial charge in [-0.05, 0) is 24.8 Å². The van der Waals surface area contributed by atoms with E-state index in [0.717, 1.165) is 18.9 Å². The van der Waals surface area contributed by atoms with Gasteiger partial charge < -0.3 is 5.11 Å². The molecule has 1 aliphatic carbocycles. The van der Waals surface area contributed by atoms with Gasteiger partial charge in [0.25, 0.3) is 0 Å². The molecule has 18 heavy (non-hydrogen) atoms. The normalized spacial score (nSPS) is 16.4. The molecule has 0 bridgehead atoms. The summed E-state index contributed by atoms with van der Waals surface area (Å²) in [7, 11) is 0. The van der Waals surface area contributed by atoms with Crippen LogP contribution in [0.1, 0.15) is 24.2 Å². The van der Waals surface area contributed by atoms with Gasteiger partial charge in [0.1, 0.15) is 17.1 Å². The minimum absolute atomic E-state index is 0.335. The molecular weight excluding hydrogens is 247 g/mol. The van der Waals surface area contributed by atoms with Crippen molar-refractivity contribution in [2.75, 3.05) is 0 Å². The van der Waals surface area contributed by atoms with Crippen LogP contribution in [0.15, 0.2) is 12.3 Å². The predicted molar refractivity (Wildman–Crippen MR) is 56.1 cm³/mol. The number of aromatic hydroxyl groups is 1. The molecule has 4 nitrogen and oxygen atoms in total. The lowest BCUT2D eigenvalue weighted by molar-refractivity contribution is -0.137. The second-order valence-corrected chi connectivity index (χ2v) is 4.53. The van der Waals surface area contributed by atoms with Crippen molar-refractivity contribution in [3.63, 3.8) is 0 Å². The Morgan fingerprint density at radius 1 is 1.33 bits per heavy atom. The maximum Gasteiger partial charge on any atom is 0.423 e. The molecule has 3 rings (SSSR count). The van der Waals surface area contributed by atoms with Crippen LogP contribution < -0.4 is 0 Å². The molecule has 0 spiro atoms. The molecule has 2 aromatic rings. The van der Waals surface area contributed by atoms with Gasteiger partial charge in [-0.15, -0.1) is 10.2 Å². The van der Waals surface area contributed by atoms with Crippen LogP contribution in [0.5, 0.6) is 5.75 Å². The second-order valence-electron chi connectivity index (χ2n) is 4.53. The predicted octanol–water partition coefficient (Wildman–Crippen LogP) is 2.41. The van der Waals surface area contributed by atoms with E-state index in [1.165, 1.54) is 10.6 Å². The van der Waals surface area contributed by atoms with Crippen molar-refractivity contribution in [3.8, 4) is 5.75 Å². The number of aromatic nitrogens is 3. The van der Waals surface area contributed by atoms with E-state index < -0.39 is 17.5 Å². The molecule has 1 aliphatic rings. The number of pyridine rings is 1. The Hall–Kier alpha value is -1.79. The summed E-state index contributed by atoms with van der Waals surface area (Å²) in [6.07, 6.45) is -0.477. The number of alkyl halides is 3. The van der Waals surface area contributed by atoms with Gasteiger partial charge in [-0.2, -0.15) is 13.2 Å². The SMILES string of the molecule is Oc1ccn2c(CC3CC3)nnc2c1C(F)(F)F. The topological polar surface area (TPSA) is 50.4 Å². The Kier molecular flexibility index (Phi) is 2.26. The molecule has 0 unspecified atom stereocenters. The van der Waals surface area contributed by atoms with E-state index in [9.17, 15) is 18.3 Å². The Balaban J connectivity index is 2.16. The van der Waals surface area contributed by atoms with Gasteiger partial charge in [-0.25, -0.2) is 0 Å². The van der Waals surface area contributed by atoms with Crippen LogP contribution in [0.25, 0.3) is 5.65 Å². The smallest absolute Gasteiger partial charge is 0.423 e. The fraction of sp³-hybridized carbons (Fsp3) is 0.455. The zero-order chi connectivity index (χ0) is 12.9. The Labute approximate surface area is 100 Å². The monoisotopic (exact) mass is 257 g/mol. The third-order valence-electron chi connectivity index (χ3n) is 3.08. The van der Waals surface area contributed by atoms with Crippen LogP contribution in [0.2, 0.25) is 0 Å². The number of halogens is 3. The van der Waals surface area contributed by atoms with Crippen LogP contribution in [0.3, 0.4) is 0 Å². The first-order valence-corrected chi connectivity index (χ1v) is 5.59. The fourth-order valence-corrected chi connectivity index (χ4v) is 1.99. The zero-order valence-electron chi connectivity index (χ0n) is 9.28. The lowest BCUT2D eigenvalue weighted by atomic mass is 10.2. The molecule has 0 aromatic carbocycles. The molecule has 1 saturated carbocycles. The molecule has 0 atom stereocenters. The van der Waals surface area contributed by atoms with E-state index in [1.807, 2.05) is 0 Å². The summed E-state index contributed by atoms with van der Waals surface area (Å²) in [5, 5.41) is 16.7. The third-order valence-corrected chi connectivity index (χ3v) is 3.08. The third kappa shape index (κ3) is 1.79. The number of rotatable bonds is 2. The maximum absolute atomic E-state index is 12.8. The largest absolute Gasteiger partial charge is 0.507 e. The molecule has 0 radical (unpaired) electrons. The standard InChI is InChI=1S/C11H10F3N3O/c12-11(13,14)9-7(18)3-4-17-8(5-6-1-2-6)15-16-10(9)17/h3-4,6,18H,1-2,5H2. The molecule has 0 saturated heterocycles. The van der Waals surface area contributed by atoms with E-state index in [1.54, 1.807) is 0 Å². The number of hydrogen-bond donors (Lipinski definition) is 1. The zero-order valence-corrected chi connectivity index (χ0v) is 9.28. The van der Waals surface area contributed by atoms with Crippen molar-refractivity contribution < 1.29 is 18.3 Å². The van der Waals surface area contributed by atoms with Crippen LogP contribution >= 0.6 is 0 Å². The van der Waals surface area contributed by atoms with Gasteiger partial charge in [0.05, 0.1) is 0 Å². The average Bonchev–Trinajstić information content (AvgIpc) is 2.98. The van der Waals surface area contributed by atoms with Crippen molar-refractivity contribution in [1.29, 1.82) is 0 Å². The van der Waals surface area contributed by atoms with Crippen LogP contribution in [-0.2, 0) is 12.6 Å². The summed E-state index contributed by atoms with van der Waals surface area (Å²) in [6, 6.07) is 1.02. The molecule has 1 N–H and O–H groups in total. The van der Waals surface area contributed by atoms with Crippen LogP contribution in [0, 0.1) is 5.92 Å². The van der Waals surface area contributed by atoms with Gasteiger partial charge in [0, 0.05) is 12.6 Å². The molecule has 2 aromatic heterocycles. The molecule has 1 fully saturated rings. The van der Waals surface area contributed by atoms with E-state index >= 15 is 0 Å². The first-order chi connectivity index (χ1) is 8.47. The van der Waals surface area contributed by atoms with E-state index in [-0.39, 0.29) is 5.65 Å². The average molecular weight is 257 g/mol. The molecule has 96 valence electrons. The van der Waals surface area contributed by atoms with Crippen molar-refractivity contribution in [3.05, 3.63) is 23.7 Å². The van der Waals surface area contributed by atoms with E-state index in [2.05, 4.69) is 10.2 Å². The second kappa shape index (κ2) is 3.60. The minimum atomic E-state index is -4.64. The quantitative estimate of drug-likeness (QED) is 0.898. The first-order valence-electron chi connectivity index (χ1n) is 5.59. The molecule has 2 heterocycles. The Bertz CT molecular complexity index is 601. The Morgan fingerprint density at radius 3 is 2.67 bits per heavy atom. The van der Waals surface area contributed by atoms with E-state index in [4.69, 9.17) is 0 Å². The first kappa shape index (κ1) is 11.3. The lowest BCUT2D eigenvalue weighted by Crippen LogP contribution is -2.09. The summed E-state index contributed by atoms with van der Waals surface area (Å²) in [4.78, 5) is 0. The van der Waals surface area contributed by atoms with Gasteiger partial charge in [-0.1, -0.05) is 0 Å². The molecule has 0 aliphatic heterocycles. The molecule has 7 heteroatoms. The highest BCUT2D eigenvalue weighted by Gasteiger charge is 2.38. The number of hydrogen-bond acceptors (Lipinski definition) is 3. The van der Waals surface area contributed by atoms with Crippen LogP contribution in [-0.4, -0.2) is 19.7 Å². The highest BCUT2D eigenvalue weighted by Crippen LogP contribution is 2.38. The summed E-state index contributed by atoms with van der Waals surface area (Å²) < 4.78 is 39.8. The van der Waals surface area contributed by atoms with Gasteiger partial charge in [0.15, 0.2) is 5.65 Å². The van der Waals surface area contributed by atoms with Crippen molar-refractivity contribution in [2.24, 2.45) is 5.92 Å². The number of nitrogens with zero attached hydrogens (tertiary/aromatic N) is 3. The van der Waals surface area contributed by atoms with Crippen molar-refractivity contribution in [2.45, 2.75) is 25.4 Å². The summed E-state index contributed by atoms with van der Waals surface area (Å²) in [5.41, 5.74) is -1.46. The highest BCUT2D eigenvalue weighted by atomic mass is 19.4. The highest BCUT2D eigenvalue weighted by molar-refractivity contribution is 5.56. The lowest BCUT2D eigenvalue weighted by Gasteiger charge is -2.09. The summed E-state index contributed by atoms with van der Waals surface area (Å²) in [5.74, 6) is 0.193. The molecule has 0 amide bonds. The Morgan fingerprint density at radius 2 is 2.06 bits per heavy atom. The van der Waals surface area contributed by atoms with Gasteiger partial charge >= 0.3 is 6.18 Å². The van der Waals surface area contributed by atoms with Crippen LogP contribution in [0.4, 0.5) is 13.2 Å². The molecular formula is C11H10F3N3O. The minimum Gasteiger partial charge on any atom is -0.507 e. The fourth-order valence-electron chi connectivity index (χ4n) is 1.99. The summed E-state index contributed by atoms with van der Waals surface area (Å²) >= 11 is 0. The van der Waals surface area contributed by atoms with Gasteiger partial charge in [0.2, 0.25) is 0 Å². The van der Waals surface area contributed by atoms with Crippen molar-refractivity contribution in [1.82, 2.24) is 14.6 Å². The maximum atomic E-state index is 12.8. The summed E-state index contributed by atoms with van der Waals surface area (Å²) in [6.45, 7) is 0. The number of fused-ring (bicyclic) bond motifs is 1. The van der Waals surface area contributed by atoms with Gasteiger partial charge in [-0.3, -0.25) is 4.40 Å². The van der Waals surface area contributed by atoms with Crippen molar-refractivity contribution >= 4 is 5.65 Å². The van der Waals surface area contributed by atoms with E-state index in [0.29, 0.717) is 18.2 Å².